The van der Waals surface area contributed by atoms with Crippen molar-refractivity contribution >= 4 is 11.6 Å². The van der Waals surface area contributed by atoms with Gasteiger partial charge >= 0.3 is 0 Å². The van der Waals surface area contributed by atoms with Gasteiger partial charge in [0.1, 0.15) is 0 Å². The van der Waals surface area contributed by atoms with Crippen molar-refractivity contribution in [1.82, 2.24) is 5.32 Å². The van der Waals surface area contributed by atoms with Crippen molar-refractivity contribution in [2.75, 3.05) is 11.9 Å². The van der Waals surface area contributed by atoms with Crippen molar-refractivity contribution in [3.05, 3.63) is 29.3 Å². The Balaban J connectivity index is 2.06. The van der Waals surface area contributed by atoms with Gasteiger partial charge in [0.25, 0.3) is 5.91 Å². The summed E-state index contributed by atoms with van der Waals surface area (Å²) in [5, 5.41) is 6.53. The van der Waals surface area contributed by atoms with Crippen molar-refractivity contribution in [1.29, 1.82) is 0 Å². The molecule has 21 heavy (non-hydrogen) atoms. The van der Waals surface area contributed by atoms with Crippen LogP contribution in [0.4, 0.5) is 5.69 Å². The zero-order valence-electron chi connectivity index (χ0n) is 13.7. The van der Waals surface area contributed by atoms with Gasteiger partial charge in [-0.05, 0) is 55.9 Å². The molecule has 1 fully saturated rings. The summed E-state index contributed by atoms with van der Waals surface area (Å²) in [4.78, 5) is 12.5. The molecular weight excluding hydrogens is 260 g/mol. The van der Waals surface area contributed by atoms with Crippen LogP contribution in [-0.2, 0) is 0 Å². The summed E-state index contributed by atoms with van der Waals surface area (Å²) in [5.74, 6) is 1.33. The molecule has 3 unspecified atom stereocenters. The molecule has 0 aliphatic heterocycles. The maximum Gasteiger partial charge on any atom is 0.251 e. The molecule has 1 saturated carbocycles. The van der Waals surface area contributed by atoms with Gasteiger partial charge in [-0.15, -0.1) is 0 Å². The van der Waals surface area contributed by atoms with Gasteiger partial charge in [0.15, 0.2) is 0 Å². The van der Waals surface area contributed by atoms with Gasteiger partial charge in [0.05, 0.1) is 0 Å². The Bertz CT molecular complexity index is 498. The predicted octanol–water partition coefficient (Wildman–Crippen LogP) is 3.98. The lowest BCUT2D eigenvalue weighted by molar-refractivity contribution is 0.0890. The molecule has 1 aromatic rings. The fourth-order valence-corrected chi connectivity index (χ4v) is 3.26. The average Bonchev–Trinajstić information content (AvgIpc) is 2.44. The summed E-state index contributed by atoms with van der Waals surface area (Å²) >= 11 is 0. The van der Waals surface area contributed by atoms with Crippen LogP contribution in [0.2, 0.25) is 0 Å². The highest BCUT2D eigenvalue weighted by atomic mass is 16.1. The Hall–Kier alpha value is -1.51. The van der Waals surface area contributed by atoms with Crippen LogP contribution in [0.1, 0.15) is 56.0 Å². The number of amides is 1. The summed E-state index contributed by atoms with van der Waals surface area (Å²) in [7, 11) is 0. The fourth-order valence-electron chi connectivity index (χ4n) is 3.26. The van der Waals surface area contributed by atoms with Gasteiger partial charge < -0.3 is 10.6 Å². The van der Waals surface area contributed by atoms with E-state index in [0.717, 1.165) is 29.8 Å². The molecule has 3 atom stereocenters. The van der Waals surface area contributed by atoms with E-state index >= 15 is 0 Å². The smallest absolute Gasteiger partial charge is 0.251 e. The largest absolute Gasteiger partial charge is 0.385 e. The first-order valence-electron chi connectivity index (χ1n) is 8.18. The maximum atomic E-state index is 12.5. The topological polar surface area (TPSA) is 41.1 Å². The molecule has 1 amide bonds. The van der Waals surface area contributed by atoms with Crippen molar-refractivity contribution in [3.63, 3.8) is 0 Å². The number of nitrogens with one attached hydrogen (secondary N) is 2. The van der Waals surface area contributed by atoms with Gasteiger partial charge in [0.2, 0.25) is 0 Å². The van der Waals surface area contributed by atoms with Gasteiger partial charge in [-0.3, -0.25) is 4.79 Å². The second-order valence-corrected chi connectivity index (χ2v) is 6.41. The third-order valence-corrected chi connectivity index (χ3v) is 4.88. The predicted molar refractivity (Wildman–Crippen MR) is 88.8 cm³/mol. The monoisotopic (exact) mass is 288 g/mol. The van der Waals surface area contributed by atoms with Crippen molar-refractivity contribution in [2.24, 2.45) is 11.8 Å². The van der Waals surface area contributed by atoms with E-state index in [4.69, 9.17) is 0 Å². The number of hydrogen-bond acceptors (Lipinski definition) is 2. The lowest BCUT2D eigenvalue weighted by Gasteiger charge is -2.34. The summed E-state index contributed by atoms with van der Waals surface area (Å²) in [6, 6.07) is 6.28. The zero-order chi connectivity index (χ0) is 15.4. The summed E-state index contributed by atoms with van der Waals surface area (Å²) in [6.45, 7) is 9.52. The van der Waals surface area contributed by atoms with Gasteiger partial charge in [-0.2, -0.15) is 0 Å². The van der Waals surface area contributed by atoms with Gasteiger partial charge in [-0.1, -0.05) is 26.7 Å². The number of hydrogen-bond donors (Lipinski definition) is 2. The molecule has 2 N–H and O–H groups in total. The lowest BCUT2D eigenvalue weighted by atomic mass is 9.78. The SMILES string of the molecule is CCNc1ccc(C(=O)NC2CCCC(C)C2C)c(C)c1. The Morgan fingerprint density at radius 1 is 1.29 bits per heavy atom. The van der Waals surface area contributed by atoms with E-state index < -0.39 is 0 Å². The van der Waals surface area contributed by atoms with E-state index in [1.807, 2.05) is 25.1 Å². The summed E-state index contributed by atoms with van der Waals surface area (Å²) in [6.07, 6.45) is 3.60. The summed E-state index contributed by atoms with van der Waals surface area (Å²) < 4.78 is 0. The Kier molecular flexibility index (Phi) is 5.27. The van der Waals surface area contributed by atoms with E-state index in [1.54, 1.807) is 0 Å². The first-order chi connectivity index (χ1) is 10.0. The molecule has 116 valence electrons. The first-order valence-corrected chi connectivity index (χ1v) is 8.18. The molecule has 1 aromatic carbocycles. The number of benzene rings is 1. The van der Waals surface area contributed by atoms with Crippen LogP contribution in [0.3, 0.4) is 0 Å². The highest BCUT2D eigenvalue weighted by Crippen LogP contribution is 2.29. The molecule has 1 aliphatic carbocycles. The zero-order valence-corrected chi connectivity index (χ0v) is 13.7. The quantitative estimate of drug-likeness (QED) is 0.880. The number of aryl methyl sites for hydroxylation is 1. The van der Waals surface area contributed by atoms with Crippen LogP contribution >= 0.6 is 0 Å². The van der Waals surface area contributed by atoms with Crippen molar-refractivity contribution in [3.8, 4) is 0 Å². The molecule has 0 heterocycles. The standard InChI is InChI=1S/C18H28N2O/c1-5-19-15-9-10-16(13(3)11-15)18(21)20-17-8-6-7-12(2)14(17)4/h9-12,14,17,19H,5-8H2,1-4H3,(H,20,21). The molecule has 2 rings (SSSR count). The number of anilines is 1. The van der Waals surface area contributed by atoms with E-state index in [9.17, 15) is 4.79 Å². The number of carbonyl (C=O) groups is 1. The van der Waals surface area contributed by atoms with Crippen LogP contribution in [0.15, 0.2) is 18.2 Å². The minimum atomic E-state index is 0.0708. The Morgan fingerprint density at radius 3 is 2.71 bits per heavy atom. The molecule has 0 bridgehead atoms. The van der Waals surface area contributed by atoms with Gasteiger partial charge in [0, 0.05) is 23.8 Å². The fraction of sp³-hybridized carbons (Fsp3) is 0.611. The minimum absolute atomic E-state index is 0.0708. The molecule has 3 nitrogen and oxygen atoms in total. The van der Waals surface area contributed by atoms with E-state index in [1.165, 1.54) is 12.8 Å². The molecule has 3 heteroatoms. The molecule has 1 aliphatic rings. The second-order valence-electron chi connectivity index (χ2n) is 6.41. The number of carbonyl (C=O) groups excluding carboxylic acids is 1. The first kappa shape index (κ1) is 15.9. The third-order valence-electron chi connectivity index (χ3n) is 4.88. The van der Waals surface area contributed by atoms with E-state index in [2.05, 4.69) is 31.4 Å². The maximum absolute atomic E-state index is 12.5. The molecule has 0 aromatic heterocycles. The highest BCUT2D eigenvalue weighted by molar-refractivity contribution is 5.96. The van der Waals surface area contributed by atoms with Crippen LogP contribution < -0.4 is 10.6 Å². The Labute approximate surface area is 128 Å². The average molecular weight is 288 g/mol. The lowest BCUT2D eigenvalue weighted by Crippen LogP contribution is -2.43. The van der Waals surface area contributed by atoms with Crippen LogP contribution in [-0.4, -0.2) is 18.5 Å². The van der Waals surface area contributed by atoms with Crippen LogP contribution in [0.25, 0.3) is 0 Å². The molecule has 0 saturated heterocycles. The molecule has 0 spiro atoms. The van der Waals surface area contributed by atoms with E-state index in [-0.39, 0.29) is 5.91 Å². The van der Waals surface area contributed by atoms with Gasteiger partial charge in [-0.25, -0.2) is 0 Å². The van der Waals surface area contributed by atoms with Crippen LogP contribution in [0, 0.1) is 18.8 Å². The van der Waals surface area contributed by atoms with Crippen molar-refractivity contribution < 1.29 is 4.79 Å². The van der Waals surface area contributed by atoms with Crippen LogP contribution in [0.5, 0.6) is 0 Å². The normalized spacial score (nSPS) is 25.4. The highest BCUT2D eigenvalue weighted by Gasteiger charge is 2.28. The molecular formula is C18H28N2O. The Morgan fingerprint density at radius 2 is 2.05 bits per heavy atom. The van der Waals surface area contributed by atoms with Crippen molar-refractivity contribution in [2.45, 2.75) is 53.0 Å². The van der Waals surface area contributed by atoms with E-state index in [0.29, 0.717) is 17.9 Å². The molecule has 0 radical (unpaired) electrons. The summed E-state index contributed by atoms with van der Waals surface area (Å²) in [5.41, 5.74) is 2.90. The minimum Gasteiger partial charge on any atom is -0.385 e. The third kappa shape index (κ3) is 3.78. The number of rotatable bonds is 4. The second kappa shape index (κ2) is 6.97.